The normalized spacial score (nSPS) is 14.9. The topological polar surface area (TPSA) is 228 Å². The van der Waals surface area contributed by atoms with Gasteiger partial charge < -0.3 is 39.8 Å². The molecule has 9 aromatic rings. The van der Waals surface area contributed by atoms with Crippen molar-refractivity contribution in [3.63, 3.8) is 0 Å². The molecule has 3 fully saturated rings. The number of aromatic nitrogens is 3. The molecule has 0 spiro atoms. The molecule has 1 radical (unpaired) electrons. The Morgan fingerprint density at radius 3 is 1.24 bits per heavy atom. The molecule has 0 amide bonds. The molecule has 4 atom stereocenters. The van der Waals surface area contributed by atoms with Crippen LogP contribution in [0.25, 0.3) is 9.69 Å². The van der Waals surface area contributed by atoms with Crippen LogP contribution >= 0.6 is 128 Å². The van der Waals surface area contributed by atoms with Crippen molar-refractivity contribution in [1.29, 1.82) is 0 Å². The second-order valence-corrected chi connectivity index (χ2v) is 28.1. The summed E-state index contributed by atoms with van der Waals surface area (Å²) in [5.74, 6) is -0.637. The van der Waals surface area contributed by atoms with Gasteiger partial charge >= 0.3 is 59.3 Å². The number of alkyl halides is 1. The first kappa shape index (κ1) is 99.0. The van der Waals surface area contributed by atoms with Crippen LogP contribution in [0, 0.1) is 24.8 Å². The van der Waals surface area contributed by atoms with Crippen molar-refractivity contribution in [2.24, 2.45) is 0 Å². The number of rotatable bonds is 12. The molecule has 583 valence electrons. The fourth-order valence-corrected chi connectivity index (χ4v) is 13.1. The molecule has 4 unspecified atom stereocenters. The Balaban J connectivity index is 0.000000370. The quantitative estimate of drug-likeness (QED) is 0.0228. The Bertz CT molecular complexity index is 4550. The SMILES string of the molecule is CC(=O)OC(C)=O.CC(Cl)OC(=O)Cl.C[C-]=O.Clc1ccc(C2CNCCN2c2ncc(Cl)cc2Cl)cc1.Fc1ccc(CN2CCN(c3ncc(Cl)cc3Cl)C(c3ccc(Cl)cc3)C2)cc1F.O.[B]=O.[C-]#[N+]c1ccc(C=O)cc1.[C-]#[N+]c1ccc(CN2CCN(c3ncc(Cl)cc3Cl)C(c3ccc(Cl)cc3)C2)cc1.[Na+]. The van der Waals surface area contributed by atoms with Gasteiger partial charge in [0.1, 0.15) is 23.7 Å². The Morgan fingerprint density at radius 1 is 0.562 bits per heavy atom. The summed E-state index contributed by atoms with van der Waals surface area (Å²) in [6.45, 7) is 27.3. The van der Waals surface area contributed by atoms with E-state index in [2.05, 4.69) is 83.8 Å². The second-order valence-electron chi connectivity index (χ2n) is 23.4. The maximum atomic E-state index is 13.6. The van der Waals surface area contributed by atoms with Gasteiger partial charge in [0.05, 0.1) is 61.4 Å². The zero-order chi connectivity index (χ0) is 81.0. The molecule has 3 aliphatic heterocycles. The average molecular weight is 1760 g/mol. The van der Waals surface area contributed by atoms with Gasteiger partial charge in [-0.05, 0) is 101 Å². The van der Waals surface area contributed by atoms with Gasteiger partial charge in [-0.2, -0.15) is 6.92 Å². The van der Waals surface area contributed by atoms with Gasteiger partial charge in [0.25, 0.3) is 0 Å². The van der Waals surface area contributed by atoms with E-state index in [1.165, 1.54) is 51.2 Å². The van der Waals surface area contributed by atoms with Gasteiger partial charge in [-0.3, -0.25) is 30.5 Å². The number of nitrogens with zero attached hydrogens (tertiary/aromatic N) is 10. The number of aldehydes is 1. The number of carbonyl (C=O) groups is 4. The van der Waals surface area contributed by atoms with E-state index in [0.717, 1.165) is 91.5 Å². The molecule has 0 bridgehead atoms. The van der Waals surface area contributed by atoms with Crippen molar-refractivity contribution in [3.8, 4) is 0 Å². The predicted octanol–water partition coefficient (Wildman–Crippen LogP) is 17.1. The van der Waals surface area contributed by atoms with Crippen LogP contribution < -0.4 is 49.6 Å². The number of hydrogen-bond acceptors (Lipinski definition) is 17. The molecular formula is C77H71BCl11F2N11NaO9. The van der Waals surface area contributed by atoms with Crippen molar-refractivity contribution in [1.82, 2.24) is 30.1 Å². The standard InChI is InChI=1S/C23H19Cl3N4.C22H18Cl3F2N3.C15H14Cl3N3.C8H5NO.C4H6O3.C3H4Cl2O2.C2H3O.BO.Na.H2O/c1-27-20-8-2-16(3-9-20)14-29-10-11-30(23-21(26)12-19(25)13-28-23)22(15-29)17-4-6-18(24)7-5-17;23-16-4-2-15(3-5-16)21-13-29(12-14-1-6-19(26)20(27)9-14)7-8-30(21)22-18(25)10-17(24)11-28-22;16-11-3-1-10(2-4-11)14-9-19-5-6-21(14)15-13(18)7-12(17)8-20-15;1-9-8-4-2-7(6-10)3-5-8;1-3(5)7-4(2)6;1-2(4)7-3(5)6;1-2-3;1-2;;/h2-9,12-13,22H,10-11,14-15H2;1-6,9-11,21H,7-8,12-13H2;1-4,7-8,14,19H,5-6,9H2;2-6H;1-2H3;2H,1H3;1H3;;;1H2/q;;;;;;-1;;+1;. The van der Waals surface area contributed by atoms with Crippen molar-refractivity contribution in [2.75, 3.05) is 73.6 Å². The van der Waals surface area contributed by atoms with Gasteiger partial charge in [0.2, 0.25) is 0 Å². The van der Waals surface area contributed by atoms with Gasteiger partial charge in [-0.15, -0.1) is 0 Å². The summed E-state index contributed by atoms with van der Waals surface area (Å²) in [6, 6.07) is 47.1. The Labute approximate surface area is 727 Å². The summed E-state index contributed by atoms with van der Waals surface area (Å²) in [4.78, 5) is 79.4. The summed E-state index contributed by atoms with van der Waals surface area (Å²) in [5, 5.41) is 8.65. The van der Waals surface area contributed by atoms with Crippen LogP contribution in [0.5, 0.6) is 0 Å². The molecule has 0 aliphatic carbocycles. The first-order valence-corrected chi connectivity index (χ1v) is 37.0. The first-order chi connectivity index (χ1) is 52.6. The molecule has 3 saturated heterocycles. The number of benzene rings is 6. The number of nitrogens with one attached hydrogen (secondary N) is 1. The zero-order valence-electron chi connectivity index (χ0n) is 60.6. The third-order valence-corrected chi connectivity index (χ3v) is 18.1. The van der Waals surface area contributed by atoms with Crippen LogP contribution in [0.1, 0.15) is 84.0 Å². The summed E-state index contributed by atoms with van der Waals surface area (Å²) < 4.78 is 42.8. The number of carbonyl (C=O) groups excluding carboxylic acids is 5. The molecule has 6 aromatic carbocycles. The van der Waals surface area contributed by atoms with E-state index in [9.17, 15) is 28.0 Å². The second kappa shape index (κ2) is 52.4. The Hall–Kier alpha value is -7.15. The van der Waals surface area contributed by atoms with Crippen LogP contribution in [0.4, 0.5) is 42.4 Å². The van der Waals surface area contributed by atoms with Gasteiger partial charge in [-0.25, -0.2) is 38.2 Å². The smallest absolute Gasteiger partial charge is 0.346 e. The number of pyridine rings is 3. The molecular weight excluding hydrogens is 1680 g/mol. The van der Waals surface area contributed by atoms with E-state index >= 15 is 0 Å². The van der Waals surface area contributed by atoms with E-state index in [1.54, 1.807) is 67.1 Å². The molecule has 6 heterocycles. The van der Waals surface area contributed by atoms with Crippen LogP contribution in [-0.2, 0) is 41.7 Å². The third kappa shape index (κ3) is 33.7. The minimum Gasteiger partial charge on any atom is -0.346 e. The minimum absolute atomic E-state index is 0. The summed E-state index contributed by atoms with van der Waals surface area (Å²) in [5.41, 5.74) is 5.62. The summed E-state index contributed by atoms with van der Waals surface area (Å²) in [7, 11) is 3.25. The van der Waals surface area contributed by atoms with Gasteiger partial charge in [0.15, 0.2) is 28.6 Å². The largest absolute Gasteiger partial charge is 1.00 e. The minimum atomic E-state index is -0.873. The first-order valence-electron chi connectivity index (χ1n) is 32.8. The number of esters is 2. The fraction of sp³-hybridized carbons (Fsp3) is 0.247. The Kier molecular flexibility index (Phi) is 46.3. The van der Waals surface area contributed by atoms with E-state index in [0.29, 0.717) is 89.1 Å². The maximum Gasteiger partial charge on any atom is 1.00 e. The van der Waals surface area contributed by atoms with Crippen molar-refractivity contribution < 1.29 is 82.0 Å². The van der Waals surface area contributed by atoms with Gasteiger partial charge in [-0.1, -0.05) is 207 Å². The number of piperazine rings is 3. The van der Waals surface area contributed by atoms with E-state index in [-0.39, 0.29) is 53.2 Å². The van der Waals surface area contributed by atoms with Crippen LogP contribution in [0.15, 0.2) is 176 Å². The molecule has 3 aliphatic rings. The summed E-state index contributed by atoms with van der Waals surface area (Å²) in [6.07, 6.45) is 7.10. The molecule has 3 N–H and O–H groups in total. The van der Waals surface area contributed by atoms with Crippen molar-refractivity contribution >= 4 is 194 Å². The number of ether oxygens (including phenoxy) is 2. The third-order valence-electron chi connectivity index (χ3n) is 15.7. The number of anilines is 3. The van der Waals surface area contributed by atoms with Crippen molar-refractivity contribution in [3.05, 3.63) is 289 Å². The van der Waals surface area contributed by atoms with Crippen LogP contribution in [-0.4, -0.2) is 132 Å². The number of halogens is 13. The van der Waals surface area contributed by atoms with E-state index in [4.69, 9.17) is 150 Å². The van der Waals surface area contributed by atoms with E-state index < -0.39 is 34.6 Å². The number of hydrogen-bond donors (Lipinski definition) is 1. The molecule has 3 aromatic heterocycles. The Morgan fingerprint density at radius 2 is 0.920 bits per heavy atom. The average Bonchev–Trinajstić information content (AvgIpc) is 0.803. The molecule has 12 rings (SSSR count). The summed E-state index contributed by atoms with van der Waals surface area (Å²) >= 11 is 65.3. The molecule has 20 nitrogen and oxygen atoms in total. The van der Waals surface area contributed by atoms with Crippen LogP contribution in [0.3, 0.4) is 0 Å². The predicted molar refractivity (Wildman–Crippen MR) is 439 cm³/mol. The van der Waals surface area contributed by atoms with Crippen LogP contribution in [0.2, 0.25) is 45.2 Å². The molecule has 0 saturated carbocycles. The van der Waals surface area contributed by atoms with E-state index in [1.807, 2.05) is 84.9 Å². The molecule has 35 heteroatoms. The van der Waals surface area contributed by atoms with Gasteiger partial charge in [0, 0.05) is 137 Å². The monoisotopic (exact) mass is 1750 g/mol. The zero-order valence-corrected chi connectivity index (χ0v) is 71.0. The van der Waals surface area contributed by atoms with Crippen molar-refractivity contribution in [2.45, 2.75) is 64.5 Å². The fourth-order valence-electron chi connectivity index (χ4n) is 11.0. The molecule has 112 heavy (non-hydrogen) atoms. The maximum absolute atomic E-state index is 13.6.